The van der Waals surface area contributed by atoms with Crippen LogP contribution in [0.2, 0.25) is 5.02 Å². The Balaban J connectivity index is 3.55. The molecule has 1 aromatic rings. The Hall–Kier alpha value is -2.15. The molecule has 0 aromatic carbocycles. The number of esters is 1. The molecule has 0 fully saturated rings. The zero-order valence-corrected chi connectivity index (χ0v) is 11.3. The fraction of sp³-hybridized carbons (Fsp3) is 0.273. The molecule has 0 spiro atoms. The first-order valence-corrected chi connectivity index (χ1v) is 5.51. The molecule has 0 radical (unpaired) electrons. The normalized spacial score (nSPS) is 11.1. The Bertz CT molecular complexity index is 543. The number of nitrogens with zero attached hydrogens (tertiary/aromatic N) is 3. The van der Waals surface area contributed by atoms with Crippen LogP contribution in [0.25, 0.3) is 5.57 Å². The highest BCUT2D eigenvalue weighted by atomic mass is 35.5. The maximum Gasteiger partial charge on any atom is 0.340 e. The number of hydrogen-bond donors (Lipinski definition) is 0. The van der Waals surface area contributed by atoms with Gasteiger partial charge in [0.1, 0.15) is 6.20 Å². The van der Waals surface area contributed by atoms with Gasteiger partial charge in [-0.2, -0.15) is 0 Å². The summed E-state index contributed by atoms with van der Waals surface area (Å²) in [5.74, 6) is -0.718. The minimum atomic E-state index is -0.718. The largest absolute Gasteiger partial charge is 0.465 e. The van der Waals surface area contributed by atoms with Gasteiger partial charge in [0, 0.05) is 26.5 Å². The minimum absolute atomic E-state index is 0.00713. The Morgan fingerprint density at radius 2 is 2.16 bits per heavy atom. The quantitative estimate of drug-likeness (QED) is 0.362. The van der Waals surface area contributed by atoms with E-state index in [1.54, 1.807) is 19.0 Å². The fourth-order valence-corrected chi connectivity index (χ4v) is 1.67. The Morgan fingerprint density at radius 3 is 2.63 bits per heavy atom. The molecule has 1 rings (SSSR count). The van der Waals surface area contributed by atoms with E-state index in [1.807, 2.05) is 0 Å². The van der Waals surface area contributed by atoms with Crippen LogP contribution in [-0.2, 0) is 9.53 Å². The zero-order valence-electron chi connectivity index (χ0n) is 10.6. The average Bonchev–Trinajstić information content (AvgIpc) is 2.34. The predicted molar refractivity (Wildman–Crippen MR) is 69.6 cm³/mol. The van der Waals surface area contributed by atoms with Crippen LogP contribution in [-0.4, -0.2) is 42.0 Å². The molecule has 0 N–H and O–H groups in total. The number of hydrogen-bond acceptors (Lipinski definition) is 6. The number of carbonyl (C=O) groups is 1. The first-order valence-electron chi connectivity index (χ1n) is 5.13. The van der Waals surface area contributed by atoms with E-state index in [0.29, 0.717) is 0 Å². The highest BCUT2D eigenvalue weighted by Gasteiger charge is 2.26. The van der Waals surface area contributed by atoms with Crippen molar-refractivity contribution in [3.8, 4) is 0 Å². The van der Waals surface area contributed by atoms with Crippen LogP contribution < -0.4 is 0 Å². The number of rotatable bonds is 4. The summed E-state index contributed by atoms with van der Waals surface area (Å²) < 4.78 is 4.62. The van der Waals surface area contributed by atoms with Crippen molar-refractivity contribution in [3.05, 3.63) is 39.3 Å². The fourth-order valence-electron chi connectivity index (χ4n) is 1.42. The molecule has 0 amide bonds. The minimum Gasteiger partial charge on any atom is -0.465 e. The number of halogens is 1. The molecule has 0 saturated carbocycles. The van der Waals surface area contributed by atoms with Crippen LogP contribution in [0.1, 0.15) is 5.56 Å². The van der Waals surface area contributed by atoms with Crippen molar-refractivity contribution in [3.63, 3.8) is 0 Å². The molecule has 8 heteroatoms. The standard InChI is InChI=1S/C11H12ClN3O4/c1-14(2)6-7(11(16)19-3)10-8(12)4-13-5-9(10)15(17)18/h4-6H,1-3H3/b7-6-. The lowest BCUT2D eigenvalue weighted by Gasteiger charge is -2.11. The second-order valence-corrected chi connectivity index (χ2v) is 4.18. The number of nitro groups is 1. The Kier molecular flexibility index (Phi) is 4.82. The first-order chi connectivity index (χ1) is 8.88. The second kappa shape index (κ2) is 6.14. The predicted octanol–water partition coefficient (Wildman–Crippen LogP) is 1.72. The van der Waals surface area contributed by atoms with Gasteiger partial charge >= 0.3 is 5.97 Å². The molecule has 0 aliphatic carbocycles. The van der Waals surface area contributed by atoms with Crippen molar-refractivity contribution in [2.24, 2.45) is 0 Å². The molecule has 19 heavy (non-hydrogen) atoms. The van der Waals surface area contributed by atoms with Crippen molar-refractivity contribution in [2.75, 3.05) is 21.2 Å². The Morgan fingerprint density at radius 1 is 1.53 bits per heavy atom. The van der Waals surface area contributed by atoms with Crippen LogP contribution in [0, 0.1) is 10.1 Å². The summed E-state index contributed by atoms with van der Waals surface area (Å²) in [6.07, 6.45) is 3.67. The van der Waals surface area contributed by atoms with Gasteiger partial charge in [0.15, 0.2) is 0 Å². The van der Waals surface area contributed by atoms with Gasteiger partial charge < -0.3 is 9.64 Å². The molecule has 0 aliphatic rings. The summed E-state index contributed by atoms with van der Waals surface area (Å²) in [7, 11) is 4.53. The van der Waals surface area contributed by atoms with E-state index in [1.165, 1.54) is 19.5 Å². The van der Waals surface area contributed by atoms with E-state index in [0.717, 1.165) is 6.20 Å². The van der Waals surface area contributed by atoms with E-state index in [2.05, 4.69) is 9.72 Å². The Labute approximate surface area is 114 Å². The SMILES string of the molecule is COC(=O)/C(=C\N(C)C)c1c(Cl)cncc1[N+](=O)[O-]. The van der Waals surface area contributed by atoms with Gasteiger partial charge in [-0.05, 0) is 0 Å². The summed E-state index contributed by atoms with van der Waals surface area (Å²) >= 11 is 5.92. The van der Waals surface area contributed by atoms with Gasteiger partial charge in [-0.1, -0.05) is 11.6 Å². The van der Waals surface area contributed by atoms with Gasteiger partial charge in [0.25, 0.3) is 5.69 Å². The summed E-state index contributed by atoms with van der Waals surface area (Å²) in [5, 5.41) is 11.0. The number of methoxy groups -OCH3 is 1. The second-order valence-electron chi connectivity index (χ2n) is 3.77. The van der Waals surface area contributed by atoms with Crippen molar-refractivity contribution in [2.45, 2.75) is 0 Å². The third-order valence-corrected chi connectivity index (χ3v) is 2.42. The molecular weight excluding hydrogens is 274 g/mol. The number of carbonyl (C=O) groups excluding carboxylic acids is 1. The molecule has 0 bridgehead atoms. The van der Waals surface area contributed by atoms with Crippen molar-refractivity contribution < 1.29 is 14.5 Å². The first kappa shape index (κ1) is 14.9. The molecule has 1 heterocycles. The monoisotopic (exact) mass is 285 g/mol. The summed E-state index contributed by atoms with van der Waals surface area (Å²) in [6, 6.07) is 0. The van der Waals surface area contributed by atoms with Crippen molar-refractivity contribution in [1.29, 1.82) is 0 Å². The molecule has 0 unspecified atom stereocenters. The van der Waals surface area contributed by atoms with E-state index < -0.39 is 10.9 Å². The molecule has 102 valence electrons. The van der Waals surface area contributed by atoms with Gasteiger partial charge in [0.2, 0.25) is 0 Å². The van der Waals surface area contributed by atoms with E-state index in [-0.39, 0.29) is 21.8 Å². The number of aromatic nitrogens is 1. The van der Waals surface area contributed by atoms with Crippen LogP contribution in [0.3, 0.4) is 0 Å². The van der Waals surface area contributed by atoms with Crippen LogP contribution in [0.15, 0.2) is 18.6 Å². The smallest absolute Gasteiger partial charge is 0.340 e. The van der Waals surface area contributed by atoms with E-state index >= 15 is 0 Å². The molecule has 0 atom stereocenters. The van der Waals surface area contributed by atoms with Crippen molar-refractivity contribution in [1.82, 2.24) is 9.88 Å². The molecule has 0 aliphatic heterocycles. The lowest BCUT2D eigenvalue weighted by Crippen LogP contribution is -2.12. The van der Waals surface area contributed by atoms with Crippen LogP contribution >= 0.6 is 11.6 Å². The highest BCUT2D eigenvalue weighted by molar-refractivity contribution is 6.35. The number of ether oxygens (including phenoxy) is 1. The molecular formula is C11H12ClN3O4. The summed E-state index contributed by atoms with van der Waals surface area (Å²) in [5.41, 5.74) is -0.375. The molecule has 7 nitrogen and oxygen atoms in total. The van der Waals surface area contributed by atoms with Gasteiger partial charge in [-0.3, -0.25) is 15.1 Å². The lowest BCUT2D eigenvalue weighted by atomic mass is 10.1. The van der Waals surface area contributed by atoms with Gasteiger partial charge in [0.05, 0.1) is 28.2 Å². The maximum atomic E-state index is 11.8. The van der Waals surface area contributed by atoms with Gasteiger partial charge in [-0.15, -0.1) is 0 Å². The van der Waals surface area contributed by atoms with Crippen LogP contribution in [0.4, 0.5) is 5.69 Å². The maximum absolute atomic E-state index is 11.8. The highest BCUT2D eigenvalue weighted by Crippen LogP contribution is 2.32. The summed E-state index contributed by atoms with van der Waals surface area (Å²) in [6.45, 7) is 0. The van der Waals surface area contributed by atoms with Crippen LogP contribution in [0.5, 0.6) is 0 Å². The summed E-state index contributed by atoms with van der Waals surface area (Å²) in [4.78, 5) is 27.3. The van der Waals surface area contributed by atoms with E-state index in [9.17, 15) is 14.9 Å². The average molecular weight is 286 g/mol. The topological polar surface area (TPSA) is 85.6 Å². The third kappa shape index (κ3) is 3.41. The molecule has 0 saturated heterocycles. The molecule has 1 aromatic heterocycles. The number of pyridine rings is 1. The zero-order chi connectivity index (χ0) is 14.6. The van der Waals surface area contributed by atoms with E-state index in [4.69, 9.17) is 11.6 Å². The lowest BCUT2D eigenvalue weighted by molar-refractivity contribution is -0.385. The van der Waals surface area contributed by atoms with Gasteiger partial charge in [-0.25, -0.2) is 4.79 Å². The third-order valence-electron chi connectivity index (χ3n) is 2.14. The van der Waals surface area contributed by atoms with Crippen molar-refractivity contribution >= 4 is 28.8 Å².